The monoisotopic (exact) mass is 254 g/mol. The van der Waals surface area contributed by atoms with Crippen molar-refractivity contribution < 1.29 is 8.78 Å². The summed E-state index contributed by atoms with van der Waals surface area (Å²) in [7, 11) is 0. The summed E-state index contributed by atoms with van der Waals surface area (Å²) in [5, 5.41) is 0. The second-order valence-corrected chi connectivity index (χ2v) is 5.00. The van der Waals surface area contributed by atoms with E-state index in [-0.39, 0.29) is 5.56 Å². The normalized spacial score (nSPS) is 18.2. The van der Waals surface area contributed by atoms with Gasteiger partial charge in [-0.25, -0.2) is 8.78 Å². The van der Waals surface area contributed by atoms with E-state index in [9.17, 15) is 8.78 Å². The number of piperidine rings is 1. The number of nitrogens with zero attached hydrogens (tertiary/aromatic N) is 1. The lowest BCUT2D eigenvalue weighted by atomic mass is 9.93. The Balaban J connectivity index is 1.92. The standard InChI is InChI=1S/C14H20F2N2/c15-13-2-1-3-14(16)12(13)10-18-8-5-11(4-7-17)6-9-18/h1-3,11H,4-10,17H2. The molecule has 0 spiro atoms. The first kappa shape index (κ1) is 13.4. The van der Waals surface area contributed by atoms with Gasteiger partial charge in [0.15, 0.2) is 0 Å². The first-order valence-corrected chi connectivity index (χ1v) is 6.56. The van der Waals surface area contributed by atoms with Gasteiger partial charge in [-0.1, -0.05) is 6.07 Å². The zero-order valence-corrected chi connectivity index (χ0v) is 10.5. The van der Waals surface area contributed by atoms with Crippen LogP contribution in [-0.2, 0) is 6.54 Å². The molecule has 1 heterocycles. The van der Waals surface area contributed by atoms with Crippen molar-refractivity contribution in [1.82, 2.24) is 4.90 Å². The summed E-state index contributed by atoms with van der Waals surface area (Å²) in [6.45, 7) is 2.90. The van der Waals surface area contributed by atoms with Gasteiger partial charge in [-0.05, 0) is 56.9 Å². The molecule has 4 heteroatoms. The molecule has 100 valence electrons. The average molecular weight is 254 g/mol. The van der Waals surface area contributed by atoms with E-state index in [4.69, 9.17) is 5.73 Å². The Morgan fingerprint density at radius 2 is 1.78 bits per heavy atom. The molecule has 2 N–H and O–H groups in total. The number of rotatable bonds is 4. The summed E-state index contributed by atoms with van der Waals surface area (Å²) < 4.78 is 27.0. The van der Waals surface area contributed by atoms with Gasteiger partial charge in [0.2, 0.25) is 0 Å². The van der Waals surface area contributed by atoms with Gasteiger partial charge in [0.05, 0.1) is 0 Å². The number of hydrogen-bond acceptors (Lipinski definition) is 2. The van der Waals surface area contributed by atoms with Crippen LogP contribution in [0.1, 0.15) is 24.8 Å². The molecule has 1 saturated heterocycles. The second-order valence-electron chi connectivity index (χ2n) is 5.00. The van der Waals surface area contributed by atoms with E-state index in [0.29, 0.717) is 12.5 Å². The number of benzene rings is 1. The van der Waals surface area contributed by atoms with E-state index in [1.54, 1.807) is 0 Å². The van der Waals surface area contributed by atoms with Crippen LogP contribution in [0.2, 0.25) is 0 Å². The van der Waals surface area contributed by atoms with Crippen LogP contribution in [0.3, 0.4) is 0 Å². The fraction of sp³-hybridized carbons (Fsp3) is 0.571. The molecule has 1 fully saturated rings. The van der Waals surface area contributed by atoms with Gasteiger partial charge in [-0.2, -0.15) is 0 Å². The van der Waals surface area contributed by atoms with E-state index in [0.717, 1.165) is 38.9 Å². The minimum absolute atomic E-state index is 0.190. The van der Waals surface area contributed by atoms with Crippen molar-refractivity contribution in [2.75, 3.05) is 19.6 Å². The number of likely N-dealkylation sites (tertiary alicyclic amines) is 1. The summed E-state index contributed by atoms with van der Waals surface area (Å²) in [4.78, 5) is 2.12. The van der Waals surface area contributed by atoms with Crippen LogP contribution in [0.25, 0.3) is 0 Å². The lowest BCUT2D eigenvalue weighted by Gasteiger charge is -2.31. The van der Waals surface area contributed by atoms with Gasteiger partial charge in [0.1, 0.15) is 11.6 Å². The van der Waals surface area contributed by atoms with Crippen molar-refractivity contribution in [3.05, 3.63) is 35.4 Å². The fourth-order valence-electron chi connectivity index (χ4n) is 2.58. The Morgan fingerprint density at radius 1 is 1.17 bits per heavy atom. The van der Waals surface area contributed by atoms with Crippen LogP contribution in [0.15, 0.2) is 18.2 Å². The Labute approximate surface area is 107 Å². The molecule has 2 nitrogen and oxygen atoms in total. The van der Waals surface area contributed by atoms with Gasteiger partial charge in [-0.15, -0.1) is 0 Å². The summed E-state index contributed by atoms with van der Waals surface area (Å²) in [5.74, 6) is -0.213. The molecule has 1 aromatic carbocycles. The van der Waals surface area contributed by atoms with Gasteiger partial charge in [0, 0.05) is 12.1 Å². The molecule has 0 bridgehead atoms. The second kappa shape index (κ2) is 6.25. The largest absolute Gasteiger partial charge is 0.330 e. The summed E-state index contributed by atoms with van der Waals surface area (Å²) in [6, 6.07) is 4.04. The van der Waals surface area contributed by atoms with Crippen LogP contribution in [-0.4, -0.2) is 24.5 Å². The van der Waals surface area contributed by atoms with Crippen molar-refractivity contribution in [3.8, 4) is 0 Å². The number of nitrogens with two attached hydrogens (primary N) is 1. The maximum Gasteiger partial charge on any atom is 0.130 e. The van der Waals surface area contributed by atoms with E-state index in [1.807, 2.05) is 0 Å². The predicted molar refractivity (Wildman–Crippen MR) is 68.0 cm³/mol. The predicted octanol–water partition coefficient (Wildman–Crippen LogP) is 2.53. The first-order chi connectivity index (χ1) is 8.70. The highest BCUT2D eigenvalue weighted by Gasteiger charge is 2.20. The molecule has 0 atom stereocenters. The van der Waals surface area contributed by atoms with E-state index in [1.165, 1.54) is 18.2 Å². The minimum atomic E-state index is -0.445. The van der Waals surface area contributed by atoms with Crippen molar-refractivity contribution >= 4 is 0 Å². The molecule has 0 saturated carbocycles. The van der Waals surface area contributed by atoms with Crippen molar-refractivity contribution in [1.29, 1.82) is 0 Å². The molecular weight excluding hydrogens is 234 g/mol. The van der Waals surface area contributed by atoms with Crippen molar-refractivity contribution in [2.24, 2.45) is 11.7 Å². The smallest absolute Gasteiger partial charge is 0.130 e. The lowest BCUT2D eigenvalue weighted by Crippen LogP contribution is -2.34. The summed E-state index contributed by atoms with van der Waals surface area (Å²) in [5.41, 5.74) is 5.73. The molecule has 0 aromatic heterocycles. The maximum atomic E-state index is 13.5. The van der Waals surface area contributed by atoms with Crippen LogP contribution in [0, 0.1) is 17.6 Å². The van der Waals surface area contributed by atoms with Gasteiger partial charge in [0.25, 0.3) is 0 Å². The fourth-order valence-corrected chi connectivity index (χ4v) is 2.58. The zero-order chi connectivity index (χ0) is 13.0. The summed E-state index contributed by atoms with van der Waals surface area (Å²) >= 11 is 0. The first-order valence-electron chi connectivity index (χ1n) is 6.56. The number of hydrogen-bond donors (Lipinski definition) is 1. The van der Waals surface area contributed by atoms with Crippen molar-refractivity contribution in [2.45, 2.75) is 25.8 Å². The topological polar surface area (TPSA) is 29.3 Å². The summed E-state index contributed by atoms with van der Waals surface area (Å²) in [6.07, 6.45) is 3.21. The third-order valence-corrected chi connectivity index (χ3v) is 3.73. The average Bonchev–Trinajstić information content (AvgIpc) is 2.36. The quantitative estimate of drug-likeness (QED) is 0.894. The molecule has 0 amide bonds. The molecule has 1 aliphatic heterocycles. The third-order valence-electron chi connectivity index (χ3n) is 3.73. The molecule has 1 aliphatic rings. The SMILES string of the molecule is NCCC1CCN(Cc2c(F)cccc2F)CC1. The highest BCUT2D eigenvalue weighted by molar-refractivity contribution is 5.19. The Bertz CT molecular complexity index is 367. The highest BCUT2D eigenvalue weighted by Crippen LogP contribution is 2.22. The van der Waals surface area contributed by atoms with E-state index < -0.39 is 11.6 Å². The Kier molecular flexibility index (Phi) is 4.66. The Hall–Kier alpha value is -1.00. The van der Waals surface area contributed by atoms with E-state index >= 15 is 0 Å². The third kappa shape index (κ3) is 3.27. The maximum absolute atomic E-state index is 13.5. The van der Waals surface area contributed by atoms with E-state index in [2.05, 4.69) is 4.90 Å². The van der Waals surface area contributed by atoms with Crippen LogP contribution >= 0.6 is 0 Å². The Morgan fingerprint density at radius 3 is 2.33 bits per heavy atom. The molecule has 0 radical (unpaired) electrons. The van der Waals surface area contributed by atoms with Gasteiger partial charge < -0.3 is 5.73 Å². The molecule has 1 aromatic rings. The van der Waals surface area contributed by atoms with Crippen molar-refractivity contribution in [3.63, 3.8) is 0 Å². The highest BCUT2D eigenvalue weighted by atomic mass is 19.1. The van der Waals surface area contributed by atoms with Crippen LogP contribution in [0.4, 0.5) is 8.78 Å². The van der Waals surface area contributed by atoms with Gasteiger partial charge in [-0.3, -0.25) is 4.90 Å². The molecule has 0 unspecified atom stereocenters. The van der Waals surface area contributed by atoms with Crippen LogP contribution < -0.4 is 5.73 Å². The zero-order valence-electron chi connectivity index (χ0n) is 10.5. The van der Waals surface area contributed by atoms with Crippen LogP contribution in [0.5, 0.6) is 0 Å². The molecule has 0 aliphatic carbocycles. The van der Waals surface area contributed by atoms with Gasteiger partial charge >= 0.3 is 0 Å². The number of halogens is 2. The molecule has 18 heavy (non-hydrogen) atoms. The molecular formula is C14H20F2N2. The minimum Gasteiger partial charge on any atom is -0.330 e. The molecule has 2 rings (SSSR count). The lowest BCUT2D eigenvalue weighted by molar-refractivity contribution is 0.170.